The summed E-state index contributed by atoms with van der Waals surface area (Å²) >= 11 is 12.2. The Morgan fingerprint density at radius 2 is 1.79 bits per heavy atom. The number of benzene rings is 2. The molecule has 0 aliphatic carbocycles. The molecule has 0 saturated heterocycles. The maximum atomic E-state index is 6.42. The van der Waals surface area contributed by atoms with Crippen molar-refractivity contribution in [2.45, 2.75) is 0 Å². The molecular weight excluding hydrogens is 436 g/mol. The van der Waals surface area contributed by atoms with E-state index in [0.717, 1.165) is 30.2 Å². The molecule has 2 aromatic carbocycles. The molecule has 1 nitrogen and oxygen atoms in total. The third-order valence-corrected chi connectivity index (χ3v) is 4.71. The van der Waals surface area contributed by atoms with Gasteiger partial charge in [-0.05, 0) is 40.8 Å². The second kappa shape index (κ2) is 5.38. The van der Waals surface area contributed by atoms with Crippen molar-refractivity contribution in [3.8, 4) is 11.3 Å². The molecule has 3 aromatic rings. The van der Waals surface area contributed by atoms with Gasteiger partial charge in [0.15, 0.2) is 0 Å². The number of rotatable bonds is 1. The molecule has 19 heavy (non-hydrogen) atoms. The molecule has 0 spiro atoms. The predicted molar refractivity (Wildman–Crippen MR) is 92.6 cm³/mol. The minimum Gasteiger partial charge on any atom is -0.247 e. The molecule has 1 aromatic heterocycles. The van der Waals surface area contributed by atoms with Crippen molar-refractivity contribution in [3.05, 3.63) is 61.6 Å². The summed E-state index contributed by atoms with van der Waals surface area (Å²) < 4.78 is 2.07. The van der Waals surface area contributed by atoms with Gasteiger partial charge in [-0.2, -0.15) is 0 Å². The first-order chi connectivity index (χ1) is 9.16. The van der Waals surface area contributed by atoms with E-state index in [-0.39, 0.29) is 0 Å². The van der Waals surface area contributed by atoms with E-state index in [9.17, 15) is 0 Å². The van der Waals surface area contributed by atoms with Crippen molar-refractivity contribution < 1.29 is 0 Å². The van der Waals surface area contributed by atoms with E-state index in [1.54, 1.807) is 0 Å². The summed E-state index contributed by atoms with van der Waals surface area (Å²) in [4.78, 5) is 4.74. The van der Waals surface area contributed by atoms with Gasteiger partial charge in [-0.3, -0.25) is 0 Å². The number of pyridine rings is 1. The summed E-state index contributed by atoms with van der Waals surface area (Å²) in [7, 11) is 0. The van der Waals surface area contributed by atoms with E-state index in [1.807, 2.05) is 48.5 Å². The molecule has 0 unspecified atom stereocenters. The SMILES string of the molecule is Clc1cc(-c2ccccc2)nc2c(I)ccc(Br)c12. The van der Waals surface area contributed by atoms with E-state index >= 15 is 0 Å². The molecule has 0 aliphatic heterocycles. The van der Waals surface area contributed by atoms with E-state index in [1.165, 1.54) is 0 Å². The highest BCUT2D eigenvalue weighted by atomic mass is 127. The van der Waals surface area contributed by atoms with Crippen LogP contribution in [0.3, 0.4) is 0 Å². The molecule has 3 rings (SSSR count). The van der Waals surface area contributed by atoms with Crippen LogP contribution in [0, 0.1) is 3.57 Å². The zero-order valence-electron chi connectivity index (χ0n) is 9.70. The lowest BCUT2D eigenvalue weighted by atomic mass is 10.1. The summed E-state index contributed by atoms with van der Waals surface area (Å²) in [5, 5.41) is 1.68. The van der Waals surface area contributed by atoms with Crippen molar-refractivity contribution in [3.63, 3.8) is 0 Å². The van der Waals surface area contributed by atoms with Gasteiger partial charge in [0.1, 0.15) is 0 Å². The van der Waals surface area contributed by atoms with Crippen LogP contribution in [0.4, 0.5) is 0 Å². The molecule has 0 fully saturated rings. The largest absolute Gasteiger partial charge is 0.247 e. The van der Waals surface area contributed by atoms with Crippen molar-refractivity contribution in [2.24, 2.45) is 0 Å². The van der Waals surface area contributed by atoms with Gasteiger partial charge in [-0.1, -0.05) is 57.9 Å². The van der Waals surface area contributed by atoms with Gasteiger partial charge in [-0.15, -0.1) is 0 Å². The molecule has 0 amide bonds. The molecule has 0 aliphatic rings. The molecule has 0 saturated carbocycles. The van der Waals surface area contributed by atoms with Crippen LogP contribution in [0.2, 0.25) is 5.02 Å². The quantitative estimate of drug-likeness (QED) is 0.425. The Morgan fingerprint density at radius 1 is 1.05 bits per heavy atom. The standard InChI is InChI=1S/C15H8BrClIN/c16-10-6-7-12(18)15-14(10)11(17)8-13(19-15)9-4-2-1-3-5-9/h1-8H. The number of hydrogen-bond acceptors (Lipinski definition) is 1. The molecule has 0 bridgehead atoms. The van der Waals surface area contributed by atoms with Gasteiger partial charge in [0, 0.05) is 19.0 Å². The summed E-state index contributed by atoms with van der Waals surface area (Å²) in [5.74, 6) is 0. The van der Waals surface area contributed by atoms with Crippen molar-refractivity contribution >= 4 is 61.0 Å². The second-order valence-corrected chi connectivity index (χ2v) is 6.53. The Kier molecular flexibility index (Phi) is 3.78. The van der Waals surface area contributed by atoms with Crippen molar-refractivity contribution in [2.75, 3.05) is 0 Å². The predicted octanol–water partition coefficient (Wildman–Crippen LogP) is 5.92. The van der Waals surface area contributed by atoms with Gasteiger partial charge in [0.25, 0.3) is 0 Å². The maximum absolute atomic E-state index is 6.42. The highest BCUT2D eigenvalue weighted by molar-refractivity contribution is 14.1. The molecule has 4 heteroatoms. The Hall–Kier alpha value is -0.650. The van der Waals surface area contributed by atoms with Gasteiger partial charge < -0.3 is 0 Å². The fourth-order valence-electron chi connectivity index (χ4n) is 1.98. The Bertz CT molecular complexity index is 759. The van der Waals surface area contributed by atoms with Crippen LogP contribution in [0.25, 0.3) is 22.2 Å². The average Bonchev–Trinajstić information content (AvgIpc) is 2.43. The second-order valence-electron chi connectivity index (χ2n) is 4.11. The van der Waals surface area contributed by atoms with E-state index in [0.29, 0.717) is 5.02 Å². The van der Waals surface area contributed by atoms with Crippen LogP contribution in [0.15, 0.2) is 53.0 Å². The lowest BCUT2D eigenvalue weighted by Gasteiger charge is -2.08. The van der Waals surface area contributed by atoms with Gasteiger partial charge in [0.2, 0.25) is 0 Å². The molecule has 0 atom stereocenters. The van der Waals surface area contributed by atoms with Crippen molar-refractivity contribution in [1.82, 2.24) is 4.98 Å². The van der Waals surface area contributed by atoms with Crippen molar-refractivity contribution in [1.29, 1.82) is 0 Å². The minimum absolute atomic E-state index is 0.717. The zero-order valence-corrected chi connectivity index (χ0v) is 14.2. The van der Waals surface area contributed by atoms with Crippen LogP contribution in [-0.2, 0) is 0 Å². The van der Waals surface area contributed by atoms with E-state index < -0.39 is 0 Å². The lowest BCUT2D eigenvalue weighted by Crippen LogP contribution is -1.90. The maximum Gasteiger partial charge on any atom is 0.0869 e. The first-order valence-electron chi connectivity index (χ1n) is 5.66. The average molecular weight is 444 g/mol. The molecule has 0 radical (unpaired) electrons. The Labute approximate surface area is 138 Å². The van der Waals surface area contributed by atoms with Gasteiger partial charge in [-0.25, -0.2) is 4.98 Å². The van der Waals surface area contributed by atoms with Crippen LogP contribution in [0.1, 0.15) is 0 Å². The summed E-state index contributed by atoms with van der Waals surface area (Å²) in [6, 6.07) is 16.0. The van der Waals surface area contributed by atoms with Gasteiger partial charge in [0.05, 0.1) is 16.2 Å². The van der Waals surface area contributed by atoms with Gasteiger partial charge >= 0.3 is 0 Å². The van der Waals surface area contributed by atoms with Crippen LogP contribution in [0.5, 0.6) is 0 Å². The third-order valence-electron chi connectivity index (χ3n) is 2.88. The lowest BCUT2D eigenvalue weighted by molar-refractivity contribution is 1.38. The third kappa shape index (κ3) is 2.51. The number of halogens is 3. The number of fused-ring (bicyclic) bond motifs is 1. The molecule has 0 N–H and O–H groups in total. The molecular formula is C15H8BrClIN. The monoisotopic (exact) mass is 443 g/mol. The fraction of sp³-hybridized carbons (Fsp3) is 0. The van der Waals surface area contributed by atoms with E-state index in [2.05, 4.69) is 38.5 Å². The molecule has 1 heterocycles. The Balaban J connectivity index is 2.34. The van der Waals surface area contributed by atoms with Crippen LogP contribution in [-0.4, -0.2) is 4.98 Å². The first kappa shape index (κ1) is 13.3. The Morgan fingerprint density at radius 3 is 2.53 bits per heavy atom. The smallest absolute Gasteiger partial charge is 0.0869 e. The van der Waals surface area contributed by atoms with E-state index in [4.69, 9.17) is 16.6 Å². The summed E-state index contributed by atoms with van der Waals surface area (Å²) in [6.45, 7) is 0. The minimum atomic E-state index is 0.717. The normalized spacial score (nSPS) is 10.9. The highest BCUT2D eigenvalue weighted by Crippen LogP contribution is 2.35. The number of aromatic nitrogens is 1. The zero-order chi connectivity index (χ0) is 13.4. The summed E-state index contributed by atoms with van der Waals surface area (Å²) in [5.41, 5.74) is 2.90. The summed E-state index contributed by atoms with van der Waals surface area (Å²) in [6.07, 6.45) is 0. The first-order valence-corrected chi connectivity index (χ1v) is 7.91. The van der Waals surface area contributed by atoms with Crippen LogP contribution >= 0.6 is 50.1 Å². The number of hydrogen-bond donors (Lipinski definition) is 0. The van der Waals surface area contributed by atoms with Crippen LogP contribution < -0.4 is 0 Å². The molecule has 94 valence electrons. The fourth-order valence-corrected chi connectivity index (χ4v) is 3.49. The number of nitrogens with zero attached hydrogens (tertiary/aromatic N) is 1. The topological polar surface area (TPSA) is 12.9 Å². The highest BCUT2D eigenvalue weighted by Gasteiger charge is 2.11.